The van der Waals surface area contributed by atoms with Crippen LogP contribution < -0.4 is 10.2 Å². The van der Waals surface area contributed by atoms with Crippen LogP contribution in [0.3, 0.4) is 0 Å². The predicted octanol–water partition coefficient (Wildman–Crippen LogP) is 3.24. The fraction of sp³-hybridized carbons (Fsp3) is 0.350. The zero-order valence-corrected chi connectivity index (χ0v) is 15.3. The molecule has 0 radical (unpaired) electrons. The molecule has 5 nitrogen and oxygen atoms in total. The van der Waals surface area contributed by atoms with Crippen LogP contribution in [0.2, 0.25) is 0 Å². The van der Waals surface area contributed by atoms with E-state index < -0.39 is 0 Å². The molecule has 2 amide bonds. The van der Waals surface area contributed by atoms with E-state index in [4.69, 9.17) is 0 Å². The van der Waals surface area contributed by atoms with E-state index in [2.05, 4.69) is 10.2 Å². The van der Waals surface area contributed by atoms with Gasteiger partial charge in [0, 0.05) is 58.2 Å². The van der Waals surface area contributed by atoms with Gasteiger partial charge in [-0.25, -0.2) is 9.18 Å². The van der Waals surface area contributed by atoms with Gasteiger partial charge in [-0.1, -0.05) is 12.1 Å². The van der Waals surface area contributed by atoms with Crippen LogP contribution in [0.4, 0.5) is 20.6 Å². The molecule has 1 aliphatic rings. The molecule has 138 valence electrons. The van der Waals surface area contributed by atoms with Crippen molar-refractivity contribution >= 4 is 17.4 Å². The highest BCUT2D eigenvalue weighted by Crippen LogP contribution is 2.16. The minimum absolute atomic E-state index is 0.0657. The van der Waals surface area contributed by atoms with E-state index in [0.29, 0.717) is 13.1 Å². The van der Waals surface area contributed by atoms with Gasteiger partial charge in [-0.2, -0.15) is 0 Å². The van der Waals surface area contributed by atoms with Gasteiger partial charge >= 0.3 is 6.03 Å². The summed E-state index contributed by atoms with van der Waals surface area (Å²) < 4.78 is 13.0. The van der Waals surface area contributed by atoms with Gasteiger partial charge in [-0.3, -0.25) is 4.90 Å². The highest BCUT2D eigenvalue weighted by atomic mass is 19.1. The Kier molecular flexibility index (Phi) is 5.73. The second kappa shape index (κ2) is 8.19. The Morgan fingerprint density at radius 2 is 1.62 bits per heavy atom. The normalized spacial score (nSPS) is 15.0. The van der Waals surface area contributed by atoms with Gasteiger partial charge in [0.1, 0.15) is 5.82 Å². The molecule has 26 heavy (non-hydrogen) atoms. The fourth-order valence-corrected chi connectivity index (χ4v) is 3.00. The van der Waals surface area contributed by atoms with Crippen molar-refractivity contribution in [2.24, 2.45) is 0 Å². The van der Waals surface area contributed by atoms with Crippen LogP contribution in [0.15, 0.2) is 48.5 Å². The van der Waals surface area contributed by atoms with Gasteiger partial charge in [-0.05, 0) is 42.0 Å². The predicted molar refractivity (Wildman–Crippen MR) is 103 cm³/mol. The van der Waals surface area contributed by atoms with E-state index in [1.165, 1.54) is 12.1 Å². The van der Waals surface area contributed by atoms with E-state index in [-0.39, 0.29) is 11.8 Å². The van der Waals surface area contributed by atoms with Crippen molar-refractivity contribution in [3.8, 4) is 0 Å². The number of benzene rings is 2. The number of nitrogens with zero attached hydrogens (tertiary/aromatic N) is 3. The Bertz CT molecular complexity index is 722. The number of piperazine rings is 1. The van der Waals surface area contributed by atoms with E-state index in [1.54, 1.807) is 0 Å². The van der Waals surface area contributed by atoms with Crippen LogP contribution in [0, 0.1) is 5.82 Å². The van der Waals surface area contributed by atoms with E-state index >= 15 is 0 Å². The minimum atomic E-state index is -0.214. The zero-order chi connectivity index (χ0) is 18.5. The van der Waals surface area contributed by atoms with Crippen molar-refractivity contribution in [3.63, 3.8) is 0 Å². The summed E-state index contributed by atoms with van der Waals surface area (Å²) in [5.41, 5.74) is 2.98. The Morgan fingerprint density at radius 1 is 1.00 bits per heavy atom. The van der Waals surface area contributed by atoms with E-state index in [0.717, 1.165) is 36.6 Å². The van der Waals surface area contributed by atoms with E-state index in [1.807, 2.05) is 60.3 Å². The van der Waals surface area contributed by atoms with Crippen LogP contribution in [0.25, 0.3) is 0 Å². The summed E-state index contributed by atoms with van der Waals surface area (Å²) in [4.78, 5) is 18.6. The lowest BCUT2D eigenvalue weighted by Crippen LogP contribution is -2.49. The highest BCUT2D eigenvalue weighted by Gasteiger charge is 2.21. The number of anilines is 2. The molecular weight excluding hydrogens is 331 g/mol. The molecule has 0 aliphatic carbocycles. The van der Waals surface area contributed by atoms with Crippen LogP contribution in [-0.2, 0) is 6.54 Å². The van der Waals surface area contributed by atoms with E-state index in [9.17, 15) is 9.18 Å². The topological polar surface area (TPSA) is 38.8 Å². The monoisotopic (exact) mass is 356 g/mol. The molecule has 0 aromatic heterocycles. The summed E-state index contributed by atoms with van der Waals surface area (Å²) in [6, 6.07) is 14.3. The number of rotatable bonds is 4. The zero-order valence-electron chi connectivity index (χ0n) is 15.3. The lowest BCUT2D eigenvalue weighted by atomic mass is 10.2. The lowest BCUT2D eigenvalue weighted by molar-refractivity contribution is 0.143. The number of nitrogens with one attached hydrogen (secondary N) is 1. The third-order valence-electron chi connectivity index (χ3n) is 4.61. The number of amides is 2. The molecule has 1 heterocycles. The first-order chi connectivity index (χ1) is 12.5. The maximum Gasteiger partial charge on any atom is 0.321 e. The number of halogens is 1. The fourth-order valence-electron chi connectivity index (χ4n) is 3.00. The van der Waals surface area contributed by atoms with Crippen LogP contribution in [0.1, 0.15) is 5.56 Å². The average molecular weight is 356 g/mol. The maximum atomic E-state index is 13.0. The van der Waals surface area contributed by atoms with Crippen LogP contribution in [-0.4, -0.2) is 56.1 Å². The number of carbonyl (C=O) groups excluding carboxylic acids is 1. The summed E-state index contributed by atoms with van der Waals surface area (Å²) in [5.74, 6) is -0.214. The SMILES string of the molecule is CN(C)c1ccc(NC(=O)N2CCN(Cc3ccc(F)cc3)CC2)cc1. The first-order valence-corrected chi connectivity index (χ1v) is 8.81. The minimum Gasteiger partial charge on any atom is -0.378 e. The van der Waals surface area contributed by atoms with Crippen molar-refractivity contribution in [2.45, 2.75) is 6.54 Å². The molecule has 6 heteroatoms. The van der Waals surface area contributed by atoms with Crippen molar-refractivity contribution in [2.75, 3.05) is 50.5 Å². The number of hydrogen-bond donors (Lipinski definition) is 1. The molecule has 2 aromatic rings. The Morgan fingerprint density at radius 3 is 2.19 bits per heavy atom. The molecule has 1 fully saturated rings. The Hall–Kier alpha value is -2.60. The summed E-state index contributed by atoms with van der Waals surface area (Å²) in [6.45, 7) is 3.77. The lowest BCUT2D eigenvalue weighted by Gasteiger charge is -2.34. The molecule has 1 N–H and O–H groups in total. The standard InChI is InChI=1S/C20H25FN4O/c1-23(2)19-9-7-18(8-10-19)22-20(26)25-13-11-24(12-14-25)15-16-3-5-17(21)6-4-16/h3-10H,11-15H2,1-2H3,(H,22,26). The quantitative estimate of drug-likeness (QED) is 0.914. The van der Waals surface area contributed by atoms with Gasteiger partial charge in [0.15, 0.2) is 0 Å². The molecule has 0 atom stereocenters. The Labute approximate surface area is 154 Å². The second-order valence-corrected chi connectivity index (χ2v) is 6.76. The molecular formula is C20H25FN4O. The van der Waals surface area contributed by atoms with Gasteiger partial charge < -0.3 is 15.1 Å². The van der Waals surface area contributed by atoms with Crippen LogP contribution >= 0.6 is 0 Å². The molecule has 0 spiro atoms. The molecule has 1 saturated heterocycles. The van der Waals surface area contributed by atoms with Crippen molar-refractivity contribution in [3.05, 3.63) is 59.9 Å². The maximum absolute atomic E-state index is 13.0. The molecule has 2 aromatic carbocycles. The first kappa shape index (κ1) is 18.2. The molecule has 0 bridgehead atoms. The Balaban J connectivity index is 1.47. The molecule has 3 rings (SSSR count). The van der Waals surface area contributed by atoms with Gasteiger partial charge in [0.25, 0.3) is 0 Å². The second-order valence-electron chi connectivity index (χ2n) is 6.76. The smallest absolute Gasteiger partial charge is 0.321 e. The van der Waals surface area contributed by atoms with Gasteiger partial charge in [0.05, 0.1) is 0 Å². The van der Waals surface area contributed by atoms with Crippen molar-refractivity contribution in [1.82, 2.24) is 9.80 Å². The summed E-state index contributed by atoms with van der Waals surface area (Å²) in [6.07, 6.45) is 0. The van der Waals surface area contributed by atoms with Crippen LogP contribution in [0.5, 0.6) is 0 Å². The first-order valence-electron chi connectivity index (χ1n) is 8.81. The average Bonchev–Trinajstić information content (AvgIpc) is 2.64. The van der Waals surface area contributed by atoms with Gasteiger partial charge in [-0.15, -0.1) is 0 Å². The number of urea groups is 1. The molecule has 1 aliphatic heterocycles. The molecule has 0 unspecified atom stereocenters. The highest BCUT2D eigenvalue weighted by molar-refractivity contribution is 5.89. The van der Waals surface area contributed by atoms with Crippen molar-refractivity contribution < 1.29 is 9.18 Å². The number of hydrogen-bond acceptors (Lipinski definition) is 3. The largest absolute Gasteiger partial charge is 0.378 e. The summed E-state index contributed by atoms with van der Waals surface area (Å²) in [7, 11) is 3.97. The third kappa shape index (κ3) is 4.73. The van der Waals surface area contributed by atoms with Crippen molar-refractivity contribution in [1.29, 1.82) is 0 Å². The molecule has 0 saturated carbocycles. The van der Waals surface area contributed by atoms with Gasteiger partial charge in [0.2, 0.25) is 0 Å². The third-order valence-corrected chi connectivity index (χ3v) is 4.61. The number of carbonyl (C=O) groups is 1. The summed E-state index contributed by atoms with van der Waals surface area (Å²) >= 11 is 0. The summed E-state index contributed by atoms with van der Waals surface area (Å²) in [5, 5.41) is 2.96.